The van der Waals surface area contributed by atoms with E-state index in [0.717, 1.165) is 36.0 Å². The molecule has 0 saturated heterocycles. The molecule has 0 fully saturated rings. The molecule has 0 aromatic heterocycles. The predicted molar refractivity (Wildman–Crippen MR) is 144 cm³/mol. The number of halogens is 2. The van der Waals surface area contributed by atoms with Crippen molar-refractivity contribution in [3.63, 3.8) is 0 Å². The van der Waals surface area contributed by atoms with Crippen molar-refractivity contribution < 1.29 is 9.59 Å². The first-order chi connectivity index (χ1) is 17.0. The van der Waals surface area contributed by atoms with Crippen LogP contribution in [0.25, 0.3) is 0 Å². The average molecular weight is 511 g/mol. The van der Waals surface area contributed by atoms with Crippen LogP contribution >= 0.6 is 23.2 Å². The minimum absolute atomic E-state index is 0.119. The van der Waals surface area contributed by atoms with Gasteiger partial charge in [0.2, 0.25) is 11.8 Å². The summed E-state index contributed by atoms with van der Waals surface area (Å²) in [6, 6.07) is 23.8. The van der Waals surface area contributed by atoms with Gasteiger partial charge in [-0.15, -0.1) is 0 Å². The van der Waals surface area contributed by atoms with E-state index in [1.165, 1.54) is 0 Å². The number of unbranched alkanes of at least 4 members (excludes halogenated alkanes) is 2. The molecule has 3 aromatic carbocycles. The maximum absolute atomic E-state index is 13.7. The van der Waals surface area contributed by atoms with Gasteiger partial charge in [0.1, 0.15) is 6.04 Å². The van der Waals surface area contributed by atoms with Gasteiger partial charge in [-0.2, -0.15) is 0 Å². The quantitative estimate of drug-likeness (QED) is 0.283. The number of hydrogen-bond donors (Lipinski definition) is 1. The third-order valence-electron chi connectivity index (χ3n) is 5.89. The van der Waals surface area contributed by atoms with Crippen LogP contribution in [0.5, 0.6) is 0 Å². The Hall–Kier alpha value is -2.82. The highest BCUT2D eigenvalue weighted by atomic mass is 35.5. The van der Waals surface area contributed by atoms with Crippen molar-refractivity contribution in [3.8, 4) is 0 Å². The number of hydrogen-bond acceptors (Lipinski definition) is 2. The van der Waals surface area contributed by atoms with Crippen LogP contribution in [0.2, 0.25) is 10.0 Å². The second-order valence-electron chi connectivity index (χ2n) is 8.66. The summed E-state index contributed by atoms with van der Waals surface area (Å²) in [6.07, 6.45) is 3.65. The molecule has 0 radical (unpaired) electrons. The number of rotatable bonds is 12. The molecule has 0 spiro atoms. The number of carbonyl (C=O) groups is 2. The molecular weight excluding hydrogens is 479 g/mol. The lowest BCUT2D eigenvalue weighted by molar-refractivity contribution is -0.140. The zero-order chi connectivity index (χ0) is 25.0. The molecule has 1 N–H and O–H groups in total. The van der Waals surface area contributed by atoms with Crippen LogP contribution in [-0.2, 0) is 29.0 Å². The van der Waals surface area contributed by atoms with E-state index >= 15 is 0 Å². The Labute approximate surface area is 218 Å². The third kappa shape index (κ3) is 8.72. The molecule has 0 saturated carbocycles. The first-order valence-electron chi connectivity index (χ1n) is 12.1. The number of nitrogens with zero attached hydrogens (tertiary/aromatic N) is 1. The van der Waals surface area contributed by atoms with E-state index in [4.69, 9.17) is 23.2 Å². The molecule has 2 amide bonds. The van der Waals surface area contributed by atoms with Gasteiger partial charge < -0.3 is 10.2 Å². The Morgan fingerprint density at radius 2 is 1.40 bits per heavy atom. The molecule has 3 aromatic rings. The van der Waals surface area contributed by atoms with Gasteiger partial charge in [0.25, 0.3) is 0 Å². The van der Waals surface area contributed by atoms with E-state index in [2.05, 4.69) is 12.2 Å². The van der Waals surface area contributed by atoms with Crippen molar-refractivity contribution in [2.45, 2.75) is 51.6 Å². The Bertz CT molecular complexity index is 1070. The molecule has 0 bridgehead atoms. The molecule has 0 aliphatic heterocycles. The van der Waals surface area contributed by atoms with E-state index in [0.29, 0.717) is 29.6 Å². The summed E-state index contributed by atoms with van der Waals surface area (Å²) in [5.41, 5.74) is 2.76. The molecule has 4 nitrogen and oxygen atoms in total. The van der Waals surface area contributed by atoms with E-state index in [9.17, 15) is 9.59 Å². The average Bonchev–Trinajstić information content (AvgIpc) is 2.87. The minimum atomic E-state index is -0.644. The lowest BCUT2D eigenvalue weighted by atomic mass is 10.0. The van der Waals surface area contributed by atoms with Gasteiger partial charge in [0.15, 0.2) is 0 Å². The van der Waals surface area contributed by atoms with Crippen molar-refractivity contribution in [2.24, 2.45) is 0 Å². The van der Waals surface area contributed by atoms with Crippen LogP contribution < -0.4 is 5.32 Å². The maximum atomic E-state index is 13.7. The molecule has 1 unspecified atom stereocenters. The molecule has 0 heterocycles. The summed E-state index contributed by atoms with van der Waals surface area (Å²) in [5.74, 6) is -0.254. The van der Waals surface area contributed by atoms with Crippen LogP contribution in [0.1, 0.15) is 42.9 Å². The lowest BCUT2D eigenvalue weighted by Crippen LogP contribution is -2.51. The first kappa shape index (κ1) is 26.8. The SMILES string of the molecule is CCCCCNC(=O)C(Cc1ccccc1)N(Cc1ccc(Cl)cc1)C(=O)Cc1ccc(Cl)cc1. The zero-order valence-corrected chi connectivity index (χ0v) is 21.6. The van der Waals surface area contributed by atoms with Crippen molar-refractivity contribution >= 4 is 35.0 Å². The topological polar surface area (TPSA) is 49.4 Å². The van der Waals surface area contributed by atoms with E-state index in [1.807, 2.05) is 54.6 Å². The lowest BCUT2D eigenvalue weighted by Gasteiger charge is -2.32. The molecule has 6 heteroatoms. The molecule has 1 atom stereocenters. The van der Waals surface area contributed by atoms with Crippen molar-refractivity contribution in [1.82, 2.24) is 10.2 Å². The first-order valence-corrected chi connectivity index (χ1v) is 12.8. The van der Waals surface area contributed by atoms with Gasteiger partial charge in [0, 0.05) is 29.6 Å². The van der Waals surface area contributed by atoms with E-state index in [-0.39, 0.29) is 18.2 Å². The largest absolute Gasteiger partial charge is 0.354 e. The highest BCUT2D eigenvalue weighted by molar-refractivity contribution is 6.30. The van der Waals surface area contributed by atoms with Crippen molar-refractivity contribution in [3.05, 3.63) is 106 Å². The number of carbonyl (C=O) groups excluding carboxylic acids is 2. The smallest absolute Gasteiger partial charge is 0.243 e. The molecule has 184 valence electrons. The van der Waals surface area contributed by atoms with Crippen molar-refractivity contribution in [2.75, 3.05) is 6.54 Å². The number of benzene rings is 3. The molecule has 0 aliphatic rings. The van der Waals surface area contributed by atoms with Crippen LogP contribution in [-0.4, -0.2) is 29.3 Å². The molecule has 3 rings (SSSR count). The Balaban J connectivity index is 1.90. The number of nitrogens with one attached hydrogen (secondary N) is 1. The van der Waals surface area contributed by atoms with Gasteiger partial charge in [-0.1, -0.05) is 97.6 Å². The predicted octanol–water partition coefficient (Wildman–Crippen LogP) is 6.48. The highest BCUT2D eigenvalue weighted by Crippen LogP contribution is 2.19. The minimum Gasteiger partial charge on any atom is -0.354 e. The fourth-order valence-corrected chi connectivity index (χ4v) is 4.18. The monoisotopic (exact) mass is 510 g/mol. The normalized spacial score (nSPS) is 11.6. The fraction of sp³-hybridized carbons (Fsp3) is 0.310. The second kappa shape index (κ2) is 13.9. The zero-order valence-electron chi connectivity index (χ0n) is 20.1. The third-order valence-corrected chi connectivity index (χ3v) is 6.39. The van der Waals surface area contributed by atoms with Crippen molar-refractivity contribution in [1.29, 1.82) is 0 Å². The van der Waals surface area contributed by atoms with Gasteiger partial charge in [-0.3, -0.25) is 9.59 Å². The van der Waals surface area contributed by atoms with Gasteiger partial charge in [-0.05, 0) is 47.4 Å². The van der Waals surface area contributed by atoms with Crippen LogP contribution in [0, 0.1) is 0 Å². The second-order valence-corrected chi connectivity index (χ2v) is 9.53. The molecule has 35 heavy (non-hydrogen) atoms. The standard InChI is InChI=1S/C29H32Cl2N2O2/c1-2-3-7-18-32-29(35)27(19-22-8-5-4-6-9-22)33(21-24-12-16-26(31)17-13-24)28(34)20-23-10-14-25(30)15-11-23/h4-6,8-17,27H,2-3,7,18-21H2,1H3,(H,32,35). The summed E-state index contributed by atoms with van der Waals surface area (Å²) in [7, 11) is 0. The number of amides is 2. The maximum Gasteiger partial charge on any atom is 0.243 e. The summed E-state index contributed by atoms with van der Waals surface area (Å²) in [5, 5.41) is 4.31. The summed E-state index contributed by atoms with van der Waals surface area (Å²) in [4.78, 5) is 28.8. The Morgan fingerprint density at radius 1 is 0.800 bits per heavy atom. The Kier molecular flexibility index (Phi) is 10.6. The van der Waals surface area contributed by atoms with E-state index in [1.54, 1.807) is 29.2 Å². The molecule has 0 aliphatic carbocycles. The van der Waals surface area contributed by atoms with Gasteiger partial charge in [0.05, 0.1) is 6.42 Å². The van der Waals surface area contributed by atoms with Crippen LogP contribution in [0.3, 0.4) is 0 Å². The summed E-state index contributed by atoms with van der Waals surface area (Å²) < 4.78 is 0. The molecular formula is C29H32Cl2N2O2. The van der Waals surface area contributed by atoms with E-state index < -0.39 is 6.04 Å². The Morgan fingerprint density at radius 3 is 2.00 bits per heavy atom. The van der Waals surface area contributed by atoms with Crippen LogP contribution in [0.15, 0.2) is 78.9 Å². The summed E-state index contributed by atoms with van der Waals surface area (Å²) in [6.45, 7) is 3.03. The fourth-order valence-electron chi connectivity index (χ4n) is 3.92. The van der Waals surface area contributed by atoms with Gasteiger partial charge in [-0.25, -0.2) is 0 Å². The van der Waals surface area contributed by atoms with Gasteiger partial charge >= 0.3 is 0 Å². The highest BCUT2D eigenvalue weighted by Gasteiger charge is 2.30. The summed E-state index contributed by atoms with van der Waals surface area (Å²) >= 11 is 12.1. The van der Waals surface area contributed by atoms with Crippen LogP contribution in [0.4, 0.5) is 0 Å².